The van der Waals surface area contributed by atoms with Crippen LogP contribution in [0, 0.1) is 6.92 Å². The predicted molar refractivity (Wildman–Crippen MR) is 85.4 cm³/mol. The lowest BCUT2D eigenvalue weighted by molar-refractivity contribution is 0.415. The van der Waals surface area contributed by atoms with Gasteiger partial charge in [-0.3, -0.25) is 0 Å². The molecule has 2 aromatic rings. The molecule has 0 aliphatic rings. The zero-order valence-electron chi connectivity index (χ0n) is 12.5. The summed E-state index contributed by atoms with van der Waals surface area (Å²) >= 11 is 0. The SMILES string of the molecule is CCCC(Nc1ccc(C)cc1OC)c1ccccc1. The van der Waals surface area contributed by atoms with E-state index in [9.17, 15) is 0 Å². The Kier molecular flexibility index (Phi) is 5.05. The smallest absolute Gasteiger partial charge is 0.142 e. The van der Waals surface area contributed by atoms with Crippen LogP contribution in [0.25, 0.3) is 0 Å². The fourth-order valence-corrected chi connectivity index (χ4v) is 2.40. The Balaban J connectivity index is 2.24. The summed E-state index contributed by atoms with van der Waals surface area (Å²) in [6.45, 7) is 4.29. The van der Waals surface area contributed by atoms with Crippen molar-refractivity contribution in [2.24, 2.45) is 0 Å². The van der Waals surface area contributed by atoms with Gasteiger partial charge in [0.15, 0.2) is 0 Å². The van der Waals surface area contributed by atoms with E-state index in [2.05, 4.69) is 67.7 Å². The van der Waals surface area contributed by atoms with E-state index in [1.165, 1.54) is 11.1 Å². The van der Waals surface area contributed by atoms with Crippen molar-refractivity contribution >= 4 is 5.69 Å². The Labute approximate surface area is 121 Å². The number of methoxy groups -OCH3 is 1. The summed E-state index contributed by atoms with van der Waals surface area (Å²) in [5.74, 6) is 0.905. The van der Waals surface area contributed by atoms with Gasteiger partial charge in [-0.25, -0.2) is 0 Å². The van der Waals surface area contributed by atoms with Crippen molar-refractivity contribution in [2.75, 3.05) is 12.4 Å². The zero-order valence-corrected chi connectivity index (χ0v) is 12.5. The van der Waals surface area contributed by atoms with Crippen LogP contribution < -0.4 is 10.1 Å². The minimum Gasteiger partial charge on any atom is -0.495 e. The molecule has 0 aromatic heterocycles. The fraction of sp³-hybridized carbons (Fsp3) is 0.333. The normalized spacial score (nSPS) is 11.9. The summed E-state index contributed by atoms with van der Waals surface area (Å²) in [4.78, 5) is 0. The van der Waals surface area contributed by atoms with Gasteiger partial charge in [-0.05, 0) is 36.6 Å². The number of ether oxygens (including phenoxy) is 1. The quantitative estimate of drug-likeness (QED) is 0.800. The van der Waals surface area contributed by atoms with E-state index < -0.39 is 0 Å². The fourth-order valence-electron chi connectivity index (χ4n) is 2.40. The van der Waals surface area contributed by atoms with E-state index in [1.807, 2.05) is 0 Å². The number of rotatable bonds is 6. The number of hydrogen-bond donors (Lipinski definition) is 1. The molecule has 2 rings (SSSR count). The van der Waals surface area contributed by atoms with Gasteiger partial charge in [0.1, 0.15) is 5.75 Å². The lowest BCUT2D eigenvalue weighted by Crippen LogP contribution is -2.11. The number of anilines is 1. The van der Waals surface area contributed by atoms with E-state index in [4.69, 9.17) is 4.74 Å². The molecule has 0 spiro atoms. The van der Waals surface area contributed by atoms with Crippen molar-refractivity contribution in [1.29, 1.82) is 0 Å². The third kappa shape index (κ3) is 3.53. The first-order valence-corrected chi connectivity index (χ1v) is 7.20. The highest BCUT2D eigenvalue weighted by atomic mass is 16.5. The first-order valence-electron chi connectivity index (χ1n) is 7.20. The van der Waals surface area contributed by atoms with Gasteiger partial charge in [0.05, 0.1) is 18.8 Å². The second kappa shape index (κ2) is 6.99. The summed E-state index contributed by atoms with van der Waals surface area (Å²) in [6, 6.07) is 17.2. The molecule has 1 atom stereocenters. The van der Waals surface area contributed by atoms with Crippen molar-refractivity contribution in [2.45, 2.75) is 32.7 Å². The summed E-state index contributed by atoms with van der Waals surface area (Å²) in [6.07, 6.45) is 2.24. The van der Waals surface area contributed by atoms with Crippen molar-refractivity contribution in [3.63, 3.8) is 0 Å². The molecular weight excluding hydrogens is 246 g/mol. The molecule has 0 radical (unpaired) electrons. The van der Waals surface area contributed by atoms with Crippen molar-refractivity contribution < 1.29 is 4.74 Å². The Morgan fingerprint density at radius 1 is 1.10 bits per heavy atom. The van der Waals surface area contributed by atoms with Crippen molar-refractivity contribution in [1.82, 2.24) is 0 Å². The average Bonchev–Trinajstić information content (AvgIpc) is 2.49. The van der Waals surface area contributed by atoms with Gasteiger partial charge in [0.25, 0.3) is 0 Å². The van der Waals surface area contributed by atoms with Crippen LogP contribution in [0.4, 0.5) is 5.69 Å². The molecule has 0 aliphatic carbocycles. The lowest BCUT2D eigenvalue weighted by Gasteiger charge is -2.21. The Hall–Kier alpha value is -1.96. The van der Waals surface area contributed by atoms with Crippen LogP contribution in [-0.2, 0) is 0 Å². The highest BCUT2D eigenvalue weighted by Gasteiger charge is 2.12. The third-order valence-corrected chi connectivity index (χ3v) is 3.47. The molecule has 2 aromatic carbocycles. The van der Waals surface area contributed by atoms with Crippen LogP contribution in [0.5, 0.6) is 5.75 Å². The number of aryl methyl sites for hydroxylation is 1. The summed E-state index contributed by atoms with van der Waals surface area (Å²) < 4.78 is 5.48. The maximum absolute atomic E-state index is 5.48. The lowest BCUT2D eigenvalue weighted by atomic mass is 10.0. The number of nitrogens with one attached hydrogen (secondary N) is 1. The van der Waals surface area contributed by atoms with Crippen molar-refractivity contribution in [3.05, 3.63) is 59.7 Å². The monoisotopic (exact) mass is 269 g/mol. The maximum atomic E-state index is 5.48. The molecule has 1 N–H and O–H groups in total. The van der Waals surface area contributed by atoms with Crippen molar-refractivity contribution in [3.8, 4) is 5.75 Å². The molecular formula is C18H23NO. The summed E-state index contributed by atoms with van der Waals surface area (Å²) in [7, 11) is 1.72. The second-order valence-corrected chi connectivity index (χ2v) is 5.10. The van der Waals surface area contributed by atoms with E-state index >= 15 is 0 Å². The van der Waals surface area contributed by atoms with Gasteiger partial charge in [0.2, 0.25) is 0 Å². The summed E-state index contributed by atoms with van der Waals surface area (Å²) in [5.41, 5.74) is 3.58. The topological polar surface area (TPSA) is 21.3 Å². The minimum absolute atomic E-state index is 0.317. The van der Waals surface area contributed by atoms with Gasteiger partial charge in [-0.1, -0.05) is 49.7 Å². The molecule has 0 bridgehead atoms. The second-order valence-electron chi connectivity index (χ2n) is 5.10. The maximum Gasteiger partial charge on any atom is 0.142 e. The van der Waals surface area contributed by atoms with E-state index in [0.717, 1.165) is 24.3 Å². The van der Waals surface area contributed by atoms with E-state index in [0.29, 0.717) is 6.04 Å². The average molecular weight is 269 g/mol. The van der Waals surface area contributed by atoms with Gasteiger partial charge in [-0.15, -0.1) is 0 Å². The molecule has 0 saturated carbocycles. The first-order chi connectivity index (χ1) is 9.74. The molecule has 2 heteroatoms. The van der Waals surface area contributed by atoms with Crippen LogP contribution in [0.1, 0.15) is 36.9 Å². The van der Waals surface area contributed by atoms with Gasteiger partial charge in [0, 0.05) is 0 Å². The largest absolute Gasteiger partial charge is 0.495 e. The Morgan fingerprint density at radius 3 is 2.50 bits per heavy atom. The van der Waals surface area contributed by atoms with Crippen LogP contribution in [0.2, 0.25) is 0 Å². The molecule has 0 fully saturated rings. The molecule has 106 valence electrons. The third-order valence-electron chi connectivity index (χ3n) is 3.47. The Morgan fingerprint density at radius 2 is 1.85 bits per heavy atom. The zero-order chi connectivity index (χ0) is 14.4. The molecule has 0 amide bonds. The molecule has 0 saturated heterocycles. The molecule has 2 nitrogen and oxygen atoms in total. The molecule has 20 heavy (non-hydrogen) atoms. The van der Waals surface area contributed by atoms with Gasteiger partial charge < -0.3 is 10.1 Å². The van der Waals surface area contributed by atoms with Crippen LogP contribution in [-0.4, -0.2) is 7.11 Å². The van der Waals surface area contributed by atoms with Gasteiger partial charge in [-0.2, -0.15) is 0 Å². The number of hydrogen-bond acceptors (Lipinski definition) is 2. The van der Waals surface area contributed by atoms with Crippen LogP contribution in [0.15, 0.2) is 48.5 Å². The van der Waals surface area contributed by atoms with Crippen LogP contribution in [0.3, 0.4) is 0 Å². The van der Waals surface area contributed by atoms with E-state index in [-0.39, 0.29) is 0 Å². The first kappa shape index (κ1) is 14.4. The highest BCUT2D eigenvalue weighted by Crippen LogP contribution is 2.31. The number of benzene rings is 2. The predicted octanol–water partition coefficient (Wildman–Crippen LogP) is 4.96. The standard InChI is InChI=1S/C18H23NO/c1-4-8-16(15-9-6-5-7-10-15)19-17-12-11-14(2)13-18(17)20-3/h5-7,9-13,16,19H,4,8H2,1-3H3. The van der Waals surface area contributed by atoms with Crippen LogP contribution >= 0.6 is 0 Å². The molecule has 1 unspecified atom stereocenters. The molecule has 0 aliphatic heterocycles. The summed E-state index contributed by atoms with van der Waals surface area (Å²) in [5, 5.41) is 3.62. The van der Waals surface area contributed by atoms with Gasteiger partial charge >= 0.3 is 0 Å². The molecule has 0 heterocycles. The highest BCUT2D eigenvalue weighted by molar-refractivity contribution is 5.58. The van der Waals surface area contributed by atoms with E-state index in [1.54, 1.807) is 7.11 Å². The Bertz CT molecular complexity index is 536. The minimum atomic E-state index is 0.317.